The summed E-state index contributed by atoms with van der Waals surface area (Å²) in [5.41, 5.74) is 0. The molecule has 0 aliphatic heterocycles. The average Bonchev–Trinajstić information content (AvgIpc) is 1.87. The van der Waals surface area contributed by atoms with E-state index in [1.54, 1.807) is 0 Å². The van der Waals surface area contributed by atoms with Gasteiger partial charge < -0.3 is 0 Å². The van der Waals surface area contributed by atoms with Crippen molar-refractivity contribution >= 4 is 0 Å². The van der Waals surface area contributed by atoms with Gasteiger partial charge in [0.1, 0.15) is 6.10 Å². The number of allylic oxidation sites excluding steroid dienone is 3. The molecule has 56 valence electrons. The summed E-state index contributed by atoms with van der Waals surface area (Å²) in [5, 5.41) is 8.33. The first-order chi connectivity index (χ1) is 4.93. The Morgan fingerprint density at radius 3 is 3.00 bits per heavy atom. The first-order valence-corrected chi connectivity index (χ1v) is 3.55. The van der Waals surface area contributed by atoms with E-state index in [0.29, 0.717) is 0 Å². The Morgan fingerprint density at radius 2 is 2.20 bits per heavy atom. The number of rotatable bonds is 1. The third kappa shape index (κ3) is 2.33. The second-order valence-corrected chi connectivity index (χ2v) is 2.36. The fourth-order valence-electron chi connectivity index (χ4n) is 0.968. The molecule has 1 rings (SSSR count). The van der Waals surface area contributed by atoms with Crippen LogP contribution in [0.25, 0.3) is 0 Å². The van der Waals surface area contributed by atoms with Crippen LogP contribution in [-0.4, -0.2) is 11.4 Å². The molecule has 0 fully saturated rings. The maximum atomic E-state index is 8.33. The topological polar surface area (TPSA) is 29.5 Å². The molecule has 0 aromatic carbocycles. The van der Waals surface area contributed by atoms with Crippen molar-refractivity contribution in [1.82, 2.24) is 0 Å². The molecular formula is C8H12O2. The maximum Gasteiger partial charge on any atom is 0.111 e. The molecule has 0 saturated heterocycles. The van der Waals surface area contributed by atoms with Gasteiger partial charge in [-0.1, -0.05) is 24.3 Å². The number of hydrogen-bond acceptors (Lipinski definition) is 2. The van der Waals surface area contributed by atoms with Crippen LogP contribution in [-0.2, 0) is 4.89 Å². The number of hydrogen-bond donors (Lipinski definition) is 1. The van der Waals surface area contributed by atoms with Crippen molar-refractivity contribution in [2.45, 2.75) is 25.4 Å². The Hall–Kier alpha value is -0.600. The molecule has 0 bridgehead atoms. The van der Waals surface area contributed by atoms with Crippen molar-refractivity contribution in [2.75, 3.05) is 0 Å². The van der Waals surface area contributed by atoms with E-state index in [1.165, 1.54) is 0 Å². The van der Waals surface area contributed by atoms with Gasteiger partial charge in [-0.05, 0) is 19.3 Å². The highest BCUT2D eigenvalue weighted by Gasteiger charge is 2.02. The third-order valence-corrected chi connectivity index (χ3v) is 1.54. The Labute approximate surface area is 60.7 Å². The van der Waals surface area contributed by atoms with Crippen molar-refractivity contribution in [3.63, 3.8) is 0 Å². The van der Waals surface area contributed by atoms with E-state index in [2.05, 4.69) is 17.0 Å². The van der Waals surface area contributed by atoms with E-state index in [1.807, 2.05) is 12.2 Å². The summed E-state index contributed by atoms with van der Waals surface area (Å²) >= 11 is 0. The molecule has 0 saturated carbocycles. The van der Waals surface area contributed by atoms with Crippen molar-refractivity contribution in [1.29, 1.82) is 0 Å². The largest absolute Gasteiger partial charge is 0.251 e. The Bertz CT molecular complexity index is 138. The van der Waals surface area contributed by atoms with Gasteiger partial charge >= 0.3 is 0 Å². The molecule has 1 aliphatic carbocycles. The zero-order valence-corrected chi connectivity index (χ0v) is 5.86. The van der Waals surface area contributed by atoms with Crippen LogP contribution in [0.15, 0.2) is 24.3 Å². The van der Waals surface area contributed by atoms with Gasteiger partial charge in [-0.3, -0.25) is 5.26 Å². The lowest BCUT2D eigenvalue weighted by molar-refractivity contribution is -0.266. The second-order valence-electron chi connectivity index (χ2n) is 2.36. The molecule has 1 atom stereocenters. The van der Waals surface area contributed by atoms with Crippen LogP contribution in [0.2, 0.25) is 0 Å². The predicted octanol–water partition coefficient (Wildman–Crippen LogP) is 2.14. The van der Waals surface area contributed by atoms with Crippen molar-refractivity contribution < 1.29 is 10.1 Å². The summed E-state index contributed by atoms with van der Waals surface area (Å²) in [4.78, 5) is 4.21. The standard InChI is InChI=1S/C8H12O2/c9-10-8-6-4-2-1-3-5-7-8/h1-2,5,7-9H,3-4,6H2. The van der Waals surface area contributed by atoms with Crippen LogP contribution in [0.4, 0.5) is 0 Å². The van der Waals surface area contributed by atoms with Crippen LogP contribution in [0.3, 0.4) is 0 Å². The molecule has 0 heterocycles. The average molecular weight is 140 g/mol. The van der Waals surface area contributed by atoms with Crippen LogP contribution in [0.5, 0.6) is 0 Å². The van der Waals surface area contributed by atoms with E-state index >= 15 is 0 Å². The van der Waals surface area contributed by atoms with Gasteiger partial charge in [0.15, 0.2) is 0 Å². The van der Waals surface area contributed by atoms with Crippen LogP contribution < -0.4 is 0 Å². The zero-order valence-electron chi connectivity index (χ0n) is 5.86. The van der Waals surface area contributed by atoms with Gasteiger partial charge in [-0.25, -0.2) is 4.89 Å². The summed E-state index contributed by atoms with van der Waals surface area (Å²) in [6.07, 6.45) is 10.8. The fraction of sp³-hybridized carbons (Fsp3) is 0.500. The van der Waals surface area contributed by atoms with Crippen LogP contribution in [0.1, 0.15) is 19.3 Å². The lowest BCUT2D eigenvalue weighted by Crippen LogP contribution is -2.06. The van der Waals surface area contributed by atoms with Gasteiger partial charge in [-0.15, -0.1) is 0 Å². The smallest absolute Gasteiger partial charge is 0.111 e. The van der Waals surface area contributed by atoms with Crippen molar-refractivity contribution in [3.8, 4) is 0 Å². The molecule has 1 N–H and O–H groups in total. The maximum absolute atomic E-state index is 8.33. The van der Waals surface area contributed by atoms with E-state index in [-0.39, 0.29) is 6.10 Å². The monoisotopic (exact) mass is 140 g/mol. The Morgan fingerprint density at radius 1 is 1.30 bits per heavy atom. The minimum Gasteiger partial charge on any atom is -0.251 e. The molecule has 2 nitrogen and oxygen atoms in total. The van der Waals surface area contributed by atoms with E-state index in [0.717, 1.165) is 19.3 Å². The lowest BCUT2D eigenvalue weighted by atomic mass is 10.1. The Kier molecular flexibility index (Phi) is 3.19. The first kappa shape index (κ1) is 7.51. The molecule has 0 amide bonds. The van der Waals surface area contributed by atoms with Crippen molar-refractivity contribution in [3.05, 3.63) is 24.3 Å². The Balaban J connectivity index is 2.40. The molecule has 0 aromatic heterocycles. The normalized spacial score (nSPS) is 25.9. The van der Waals surface area contributed by atoms with E-state index in [9.17, 15) is 0 Å². The van der Waals surface area contributed by atoms with Crippen LogP contribution in [0, 0.1) is 0 Å². The lowest BCUT2D eigenvalue weighted by Gasteiger charge is -2.07. The highest BCUT2D eigenvalue weighted by atomic mass is 17.1. The van der Waals surface area contributed by atoms with E-state index < -0.39 is 0 Å². The summed E-state index contributed by atoms with van der Waals surface area (Å²) < 4.78 is 0. The molecule has 10 heavy (non-hydrogen) atoms. The van der Waals surface area contributed by atoms with Crippen molar-refractivity contribution in [2.24, 2.45) is 0 Å². The quantitative estimate of drug-likeness (QED) is 0.343. The molecule has 0 spiro atoms. The molecule has 1 unspecified atom stereocenters. The van der Waals surface area contributed by atoms with Crippen LogP contribution >= 0.6 is 0 Å². The minimum atomic E-state index is -0.107. The molecule has 2 heteroatoms. The third-order valence-electron chi connectivity index (χ3n) is 1.54. The van der Waals surface area contributed by atoms with Gasteiger partial charge in [0.25, 0.3) is 0 Å². The summed E-state index contributed by atoms with van der Waals surface area (Å²) in [6.45, 7) is 0. The van der Waals surface area contributed by atoms with Gasteiger partial charge in [-0.2, -0.15) is 0 Å². The first-order valence-electron chi connectivity index (χ1n) is 3.55. The van der Waals surface area contributed by atoms with Gasteiger partial charge in [0.05, 0.1) is 0 Å². The zero-order chi connectivity index (χ0) is 7.23. The van der Waals surface area contributed by atoms with Gasteiger partial charge in [0, 0.05) is 0 Å². The SMILES string of the molecule is OOC1C=CCC=CCC1. The fourth-order valence-corrected chi connectivity index (χ4v) is 0.968. The summed E-state index contributed by atoms with van der Waals surface area (Å²) in [5.74, 6) is 0. The highest BCUT2D eigenvalue weighted by Crippen LogP contribution is 2.07. The second kappa shape index (κ2) is 4.25. The molecule has 1 aliphatic rings. The molecule has 0 aromatic rings. The van der Waals surface area contributed by atoms with Gasteiger partial charge in [0.2, 0.25) is 0 Å². The predicted molar refractivity (Wildman–Crippen MR) is 39.6 cm³/mol. The highest BCUT2D eigenvalue weighted by molar-refractivity contribution is 4.99. The molecule has 0 radical (unpaired) electrons. The summed E-state index contributed by atoms with van der Waals surface area (Å²) in [7, 11) is 0. The molecular weight excluding hydrogens is 128 g/mol. The minimum absolute atomic E-state index is 0.107. The summed E-state index contributed by atoms with van der Waals surface area (Å²) in [6, 6.07) is 0. The van der Waals surface area contributed by atoms with E-state index in [4.69, 9.17) is 5.26 Å².